The van der Waals surface area contributed by atoms with Gasteiger partial charge in [0.1, 0.15) is 5.84 Å². The number of carbonyl (C=O) groups excluding carboxylic acids is 2. The third-order valence-electron chi connectivity index (χ3n) is 5.40. The number of hydrogen-bond acceptors (Lipinski definition) is 4. The average molecular weight is 472 g/mol. The number of allylic oxidation sites excluding steroid dienone is 1. The molecule has 0 spiro atoms. The summed E-state index contributed by atoms with van der Waals surface area (Å²) in [7, 11) is 0. The van der Waals surface area contributed by atoms with Crippen LogP contribution < -0.4 is 11.1 Å². The molecule has 2 rings (SSSR count). The van der Waals surface area contributed by atoms with Crippen LogP contribution in [0.5, 0.6) is 0 Å². The molecule has 32 heavy (non-hydrogen) atoms. The van der Waals surface area contributed by atoms with Gasteiger partial charge in [-0.25, -0.2) is 4.79 Å². The Morgan fingerprint density at radius 1 is 1.25 bits per heavy atom. The zero-order valence-corrected chi connectivity index (χ0v) is 18.2. The lowest BCUT2D eigenvalue weighted by Crippen LogP contribution is -2.46. The Morgan fingerprint density at radius 3 is 2.38 bits per heavy atom. The Bertz CT molecular complexity index is 930. The van der Waals surface area contributed by atoms with E-state index in [1.54, 1.807) is 13.0 Å². The lowest BCUT2D eigenvalue weighted by atomic mass is 9.75. The standard InChI is InChI=1S/C21H25ClF3N5O2/c1-20(18(28)31)8-6-13(7-9-20)16(26)12-29-19(32)30(11-10-21(23,24)25)17(27)14-2-4-15(22)5-3-14/h2-6,26-27H,7-12H2,1H3,(H2,28,31)(H,29,32). The lowest BCUT2D eigenvalue weighted by Gasteiger charge is -2.30. The lowest BCUT2D eigenvalue weighted by molar-refractivity contribution is -0.135. The Morgan fingerprint density at radius 2 is 1.88 bits per heavy atom. The first-order chi connectivity index (χ1) is 14.8. The van der Waals surface area contributed by atoms with Gasteiger partial charge in [-0.2, -0.15) is 13.2 Å². The van der Waals surface area contributed by atoms with Crippen molar-refractivity contribution in [3.63, 3.8) is 0 Å². The van der Waals surface area contributed by atoms with E-state index in [-0.39, 0.29) is 17.8 Å². The van der Waals surface area contributed by atoms with Gasteiger partial charge in [-0.3, -0.25) is 15.1 Å². The molecule has 0 radical (unpaired) electrons. The summed E-state index contributed by atoms with van der Waals surface area (Å²) < 4.78 is 38.3. The van der Waals surface area contributed by atoms with E-state index in [2.05, 4.69) is 5.32 Å². The van der Waals surface area contributed by atoms with Crippen LogP contribution in [0, 0.1) is 16.2 Å². The van der Waals surface area contributed by atoms with E-state index < -0.39 is 42.3 Å². The minimum absolute atomic E-state index is 0.0821. The van der Waals surface area contributed by atoms with Crippen molar-refractivity contribution in [1.29, 1.82) is 10.8 Å². The smallest absolute Gasteiger partial charge is 0.369 e. The molecule has 1 unspecified atom stereocenters. The number of nitrogens with zero attached hydrogens (tertiary/aromatic N) is 1. The number of amidine groups is 1. The van der Waals surface area contributed by atoms with Crippen molar-refractivity contribution in [2.24, 2.45) is 11.1 Å². The van der Waals surface area contributed by atoms with Gasteiger partial charge in [0, 0.05) is 22.5 Å². The number of halogens is 4. The van der Waals surface area contributed by atoms with Crippen LogP contribution in [-0.4, -0.2) is 47.7 Å². The summed E-state index contributed by atoms with van der Waals surface area (Å²) in [5, 5.41) is 19.2. The van der Waals surface area contributed by atoms with Crippen LogP contribution in [0.15, 0.2) is 35.9 Å². The zero-order chi connectivity index (χ0) is 24.1. The van der Waals surface area contributed by atoms with Crippen molar-refractivity contribution < 1.29 is 22.8 Å². The number of carbonyl (C=O) groups is 2. The molecule has 11 heteroatoms. The summed E-state index contributed by atoms with van der Waals surface area (Å²) in [6, 6.07) is 4.89. The van der Waals surface area contributed by atoms with Crippen LogP contribution in [0.3, 0.4) is 0 Å². The van der Waals surface area contributed by atoms with Crippen molar-refractivity contribution >= 4 is 35.1 Å². The van der Waals surface area contributed by atoms with E-state index in [4.69, 9.17) is 28.2 Å². The van der Waals surface area contributed by atoms with E-state index >= 15 is 0 Å². The number of nitrogens with one attached hydrogen (secondary N) is 3. The predicted molar refractivity (Wildman–Crippen MR) is 116 cm³/mol. The molecular formula is C21H25ClF3N5O2. The van der Waals surface area contributed by atoms with Crippen molar-refractivity contribution in [2.45, 2.75) is 38.8 Å². The summed E-state index contributed by atoms with van der Waals surface area (Å²) in [6.07, 6.45) is -2.82. The molecular weight excluding hydrogens is 447 g/mol. The summed E-state index contributed by atoms with van der Waals surface area (Å²) >= 11 is 5.81. The van der Waals surface area contributed by atoms with Crippen LogP contribution in [0.2, 0.25) is 5.02 Å². The highest BCUT2D eigenvalue weighted by molar-refractivity contribution is 6.30. The van der Waals surface area contributed by atoms with Crippen LogP contribution in [0.25, 0.3) is 0 Å². The fourth-order valence-corrected chi connectivity index (χ4v) is 3.28. The highest BCUT2D eigenvalue weighted by atomic mass is 35.5. The third kappa shape index (κ3) is 6.81. The first-order valence-electron chi connectivity index (χ1n) is 9.86. The van der Waals surface area contributed by atoms with Crippen molar-refractivity contribution in [1.82, 2.24) is 10.2 Å². The molecule has 174 valence electrons. The van der Waals surface area contributed by atoms with Crippen molar-refractivity contribution in [3.8, 4) is 0 Å². The molecule has 1 aromatic carbocycles. The summed E-state index contributed by atoms with van der Waals surface area (Å²) in [5.41, 5.74) is 5.67. The Kier molecular flexibility index (Phi) is 8.06. The quantitative estimate of drug-likeness (QED) is 0.351. The maximum atomic E-state index is 12.8. The number of benzene rings is 1. The van der Waals surface area contributed by atoms with Crippen LogP contribution in [0.4, 0.5) is 18.0 Å². The van der Waals surface area contributed by atoms with Gasteiger partial charge in [0.05, 0.1) is 18.7 Å². The average Bonchev–Trinajstić information content (AvgIpc) is 2.72. The number of urea groups is 1. The maximum absolute atomic E-state index is 12.8. The molecule has 0 aliphatic heterocycles. The van der Waals surface area contributed by atoms with E-state index in [9.17, 15) is 22.8 Å². The molecule has 0 aromatic heterocycles. The van der Waals surface area contributed by atoms with E-state index in [0.29, 0.717) is 34.8 Å². The molecule has 3 amide bonds. The molecule has 7 nitrogen and oxygen atoms in total. The third-order valence-corrected chi connectivity index (χ3v) is 5.65. The topological polar surface area (TPSA) is 123 Å². The van der Waals surface area contributed by atoms with E-state index in [1.807, 2.05) is 0 Å². The van der Waals surface area contributed by atoms with Crippen LogP contribution in [-0.2, 0) is 4.79 Å². The van der Waals surface area contributed by atoms with Gasteiger partial charge >= 0.3 is 12.2 Å². The first-order valence-corrected chi connectivity index (χ1v) is 10.2. The second-order valence-electron chi connectivity index (χ2n) is 7.87. The van der Waals surface area contributed by atoms with Crippen molar-refractivity contribution in [2.75, 3.05) is 13.1 Å². The molecule has 5 N–H and O–H groups in total. The fraction of sp³-hybridized carbons (Fsp3) is 0.429. The highest BCUT2D eigenvalue weighted by Gasteiger charge is 2.34. The molecule has 0 bridgehead atoms. The summed E-state index contributed by atoms with van der Waals surface area (Å²) in [6.45, 7) is 0.771. The molecule has 0 heterocycles. The van der Waals surface area contributed by atoms with Gasteiger partial charge in [-0.15, -0.1) is 0 Å². The summed E-state index contributed by atoms with van der Waals surface area (Å²) in [5.74, 6) is -0.835. The Labute approximate surface area is 188 Å². The van der Waals surface area contributed by atoms with E-state index in [0.717, 1.165) is 0 Å². The number of hydrogen-bond donors (Lipinski definition) is 4. The van der Waals surface area contributed by atoms with Gasteiger partial charge in [-0.1, -0.05) is 24.6 Å². The molecule has 0 saturated carbocycles. The monoisotopic (exact) mass is 471 g/mol. The fourth-order valence-electron chi connectivity index (χ4n) is 3.15. The maximum Gasteiger partial charge on any atom is 0.390 e. The van der Waals surface area contributed by atoms with E-state index in [1.165, 1.54) is 24.3 Å². The number of rotatable bonds is 7. The zero-order valence-electron chi connectivity index (χ0n) is 17.5. The number of alkyl halides is 3. The Hall–Kier alpha value is -2.88. The number of nitrogens with two attached hydrogens (primary N) is 1. The summed E-state index contributed by atoms with van der Waals surface area (Å²) in [4.78, 5) is 24.9. The van der Waals surface area contributed by atoms with Crippen molar-refractivity contribution in [3.05, 3.63) is 46.5 Å². The van der Waals surface area contributed by atoms with Gasteiger partial charge < -0.3 is 16.5 Å². The molecule has 1 atom stereocenters. The van der Waals surface area contributed by atoms with Gasteiger partial charge in [0.2, 0.25) is 5.91 Å². The minimum atomic E-state index is -4.51. The predicted octanol–water partition coefficient (Wildman–Crippen LogP) is 4.25. The number of amides is 3. The minimum Gasteiger partial charge on any atom is -0.369 e. The van der Waals surface area contributed by atoms with Gasteiger partial charge in [0.15, 0.2) is 0 Å². The molecule has 1 aliphatic carbocycles. The molecule has 1 aliphatic rings. The molecule has 1 aromatic rings. The van der Waals surface area contributed by atoms with Gasteiger partial charge in [-0.05, 0) is 49.1 Å². The SMILES string of the molecule is CC1(C(N)=O)CC=C(C(=N)CNC(=O)N(CCC(F)(F)F)C(=N)c2ccc(Cl)cc2)CC1. The Balaban J connectivity index is 2.06. The molecule has 0 saturated heterocycles. The first kappa shape index (κ1) is 25.4. The number of primary amides is 1. The van der Waals surface area contributed by atoms with Gasteiger partial charge in [0.25, 0.3) is 0 Å². The second-order valence-corrected chi connectivity index (χ2v) is 8.30. The normalized spacial score (nSPS) is 18.5. The second kappa shape index (κ2) is 10.2. The van der Waals surface area contributed by atoms with Crippen LogP contribution in [0.1, 0.15) is 38.2 Å². The van der Waals surface area contributed by atoms with Crippen LogP contribution >= 0.6 is 11.6 Å². The largest absolute Gasteiger partial charge is 0.390 e. The highest BCUT2D eigenvalue weighted by Crippen LogP contribution is 2.34. The molecule has 0 fully saturated rings.